The highest BCUT2D eigenvalue weighted by Crippen LogP contribution is 2.35. The summed E-state index contributed by atoms with van der Waals surface area (Å²) in [5.74, 6) is 0.583. The zero-order valence-corrected chi connectivity index (χ0v) is 13.8. The monoisotopic (exact) mass is 376 g/mol. The van der Waals surface area contributed by atoms with Crippen LogP contribution in [0.2, 0.25) is 0 Å². The van der Waals surface area contributed by atoms with Crippen LogP contribution in [0, 0.1) is 0 Å². The molecule has 0 atom stereocenters. The van der Waals surface area contributed by atoms with Gasteiger partial charge in [-0.25, -0.2) is 0 Å². The average Bonchev–Trinajstić information content (AvgIpc) is 2.54. The second kappa shape index (κ2) is 6.29. The van der Waals surface area contributed by atoms with Gasteiger partial charge >= 0.3 is 0 Å². The Morgan fingerprint density at radius 2 is 2.17 bits per heavy atom. The lowest BCUT2D eigenvalue weighted by Gasteiger charge is -2.20. The molecule has 2 aromatic carbocycles. The molecule has 0 fully saturated rings. The van der Waals surface area contributed by atoms with Crippen LogP contribution in [0.15, 0.2) is 40.9 Å². The number of carbonyl (C=O) groups is 2. The molecule has 0 spiro atoms. The minimum Gasteiger partial charge on any atom is -0.496 e. The number of benzene rings is 2. The minimum atomic E-state index is -0.290. The molecule has 2 amide bonds. The zero-order valence-electron chi connectivity index (χ0n) is 12.2. The number of ether oxygens (including phenoxy) is 2. The molecule has 1 aliphatic rings. The molecule has 0 radical (unpaired) electrons. The van der Waals surface area contributed by atoms with Crippen molar-refractivity contribution < 1.29 is 19.1 Å². The number of hydrogen-bond donors (Lipinski definition) is 2. The lowest BCUT2D eigenvalue weighted by molar-refractivity contribution is -0.118. The smallest absolute Gasteiger partial charge is 0.262 e. The number of fused-ring (bicyclic) bond motifs is 1. The van der Waals surface area contributed by atoms with Gasteiger partial charge < -0.3 is 20.1 Å². The van der Waals surface area contributed by atoms with Crippen molar-refractivity contribution in [1.82, 2.24) is 0 Å². The van der Waals surface area contributed by atoms with Gasteiger partial charge in [-0.2, -0.15) is 0 Å². The van der Waals surface area contributed by atoms with E-state index in [1.165, 1.54) is 0 Å². The first-order chi connectivity index (χ1) is 11.1. The van der Waals surface area contributed by atoms with Gasteiger partial charge in [-0.15, -0.1) is 0 Å². The molecule has 7 heteroatoms. The Labute approximate surface area is 140 Å². The van der Waals surface area contributed by atoms with Gasteiger partial charge in [0.25, 0.3) is 11.8 Å². The summed E-state index contributed by atoms with van der Waals surface area (Å²) in [5, 5.41) is 5.49. The third kappa shape index (κ3) is 3.14. The van der Waals surface area contributed by atoms with Crippen LogP contribution in [-0.4, -0.2) is 25.5 Å². The standard InChI is InChI=1S/C16H13BrN2O4/c1-22-13-6-5-9(7-10(13)17)16(21)19-12-4-2-3-11-15(12)23-8-14(20)18-11/h2-7H,8H2,1H3,(H,18,20)(H,19,21). The Balaban J connectivity index is 1.85. The van der Waals surface area contributed by atoms with Crippen molar-refractivity contribution in [1.29, 1.82) is 0 Å². The summed E-state index contributed by atoms with van der Waals surface area (Å²) in [4.78, 5) is 23.7. The molecule has 1 heterocycles. The Morgan fingerprint density at radius 1 is 1.35 bits per heavy atom. The number of nitrogens with one attached hydrogen (secondary N) is 2. The number of amides is 2. The van der Waals surface area contributed by atoms with Crippen LogP contribution in [0.1, 0.15) is 10.4 Å². The van der Waals surface area contributed by atoms with Gasteiger partial charge in [-0.1, -0.05) is 6.07 Å². The maximum absolute atomic E-state index is 12.4. The first-order valence-corrected chi connectivity index (χ1v) is 7.58. The Hall–Kier alpha value is -2.54. The van der Waals surface area contributed by atoms with Gasteiger partial charge in [0.05, 0.1) is 23.0 Å². The summed E-state index contributed by atoms with van der Waals surface area (Å²) in [5.41, 5.74) is 1.50. The molecule has 0 aliphatic carbocycles. The maximum atomic E-state index is 12.4. The van der Waals surface area contributed by atoms with Crippen molar-refractivity contribution >= 4 is 39.1 Å². The van der Waals surface area contributed by atoms with E-state index in [1.54, 1.807) is 43.5 Å². The molecule has 2 N–H and O–H groups in total. The number of halogens is 1. The fraction of sp³-hybridized carbons (Fsp3) is 0.125. The molecule has 6 nitrogen and oxygen atoms in total. The largest absolute Gasteiger partial charge is 0.496 e. The van der Waals surface area contributed by atoms with Gasteiger partial charge in [-0.05, 0) is 46.3 Å². The third-order valence-corrected chi connectivity index (χ3v) is 3.92. The van der Waals surface area contributed by atoms with E-state index >= 15 is 0 Å². The van der Waals surface area contributed by atoms with Gasteiger partial charge in [0.1, 0.15) is 5.75 Å². The van der Waals surface area contributed by atoms with E-state index in [2.05, 4.69) is 26.6 Å². The van der Waals surface area contributed by atoms with E-state index in [0.717, 1.165) is 0 Å². The van der Waals surface area contributed by atoms with Crippen LogP contribution in [0.3, 0.4) is 0 Å². The Morgan fingerprint density at radius 3 is 2.91 bits per heavy atom. The first-order valence-electron chi connectivity index (χ1n) is 6.79. The van der Waals surface area contributed by atoms with Crippen LogP contribution in [-0.2, 0) is 4.79 Å². The summed E-state index contributed by atoms with van der Waals surface area (Å²) in [6.07, 6.45) is 0. The molecular formula is C16H13BrN2O4. The topological polar surface area (TPSA) is 76.7 Å². The van der Waals surface area contributed by atoms with Gasteiger partial charge in [0.2, 0.25) is 0 Å². The molecule has 1 aliphatic heterocycles. The normalized spacial score (nSPS) is 12.7. The summed E-state index contributed by atoms with van der Waals surface area (Å²) < 4.78 is 11.2. The van der Waals surface area contributed by atoms with Crippen LogP contribution < -0.4 is 20.1 Å². The molecular weight excluding hydrogens is 364 g/mol. The van der Waals surface area contributed by atoms with Gasteiger partial charge in [0, 0.05) is 5.56 Å². The molecule has 0 saturated carbocycles. The van der Waals surface area contributed by atoms with Gasteiger partial charge in [0.15, 0.2) is 12.4 Å². The van der Waals surface area contributed by atoms with Crippen molar-refractivity contribution in [3.05, 3.63) is 46.4 Å². The summed E-state index contributed by atoms with van der Waals surface area (Å²) in [6.45, 7) is -0.0754. The van der Waals surface area contributed by atoms with Crippen LogP contribution in [0.25, 0.3) is 0 Å². The van der Waals surface area contributed by atoms with Crippen molar-refractivity contribution in [2.75, 3.05) is 24.4 Å². The van der Waals surface area contributed by atoms with E-state index in [-0.39, 0.29) is 18.4 Å². The molecule has 0 bridgehead atoms. The van der Waals surface area contributed by atoms with Crippen LogP contribution in [0.5, 0.6) is 11.5 Å². The van der Waals surface area contributed by atoms with Crippen LogP contribution in [0.4, 0.5) is 11.4 Å². The minimum absolute atomic E-state index is 0.0754. The highest BCUT2D eigenvalue weighted by Gasteiger charge is 2.20. The number of para-hydroxylation sites is 1. The highest BCUT2D eigenvalue weighted by molar-refractivity contribution is 9.10. The van der Waals surface area contributed by atoms with Crippen molar-refractivity contribution in [2.24, 2.45) is 0 Å². The van der Waals surface area contributed by atoms with E-state index in [9.17, 15) is 9.59 Å². The number of anilines is 2. The van der Waals surface area contributed by atoms with E-state index < -0.39 is 0 Å². The molecule has 3 rings (SSSR count). The summed E-state index contributed by atoms with van der Waals surface area (Å²) >= 11 is 3.35. The van der Waals surface area contributed by atoms with Gasteiger partial charge in [-0.3, -0.25) is 9.59 Å². The molecule has 0 unspecified atom stereocenters. The number of rotatable bonds is 3. The zero-order chi connectivity index (χ0) is 16.4. The fourth-order valence-corrected chi connectivity index (χ4v) is 2.76. The molecule has 118 valence electrons. The number of methoxy groups -OCH3 is 1. The second-order valence-corrected chi connectivity index (χ2v) is 5.68. The number of hydrogen-bond acceptors (Lipinski definition) is 4. The Bertz CT molecular complexity index is 792. The summed E-state index contributed by atoms with van der Waals surface area (Å²) in [7, 11) is 1.56. The predicted molar refractivity (Wildman–Crippen MR) is 89.2 cm³/mol. The van der Waals surface area contributed by atoms with Crippen LogP contribution >= 0.6 is 15.9 Å². The molecule has 0 aromatic heterocycles. The quantitative estimate of drug-likeness (QED) is 0.862. The van der Waals surface area contributed by atoms with Crippen molar-refractivity contribution in [2.45, 2.75) is 0 Å². The SMILES string of the molecule is COc1ccc(C(=O)Nc2cccc3c2OCC(=O)N3)cc1Br. The third-order valence-electron chi connectivity index (χ3n) is 3.30. The van der Waals surface area contributed by atoms with Crippen molar-refractivity contribution in [3.63, 3.8) is 0 Å². The van der Waals surface area contributed by atoms with E-state index in [0.29, 0.717) is 32.9 Å². The lowest BCUT2D eigenvalue weighted by atomic mass is 10.2. The summed E-state index contributed by atoms with van der Waals surface area (Å²) in [6, 6.07) is 10.2. The second-order valence-electron chi connectivity index (χ2n) is 4.82. The fourth-order valence-electron chi connectivity index (χ4n) is 2.22. The van der Waals surface area contributed by atoms with Crippen molar-refractivity contribution in [3.8, 4) is 11.5 Å². The number of carbonyl (C=O) groups excluding carboxylic acids is 2. The first kappa shape index (κ1) is 15.4. The average molecular weight is 377 g/mol. The Kier molecular flexibility index (Phi) is 4.20. The molecule has 2 aromatic rings. The molecule has 0 saturated heterocycles. The van der Waals surface area contributed by atoms with E-state index in [4.69, 9.17) is 9.47 Å². The highest BCUT2D eigenvalue weighted by atomic mass is 79.9. The lowest BCUT2D eigenvalue weighted by Crippen LogP contribution is -2.26. The predicted octanol–water partition coefficient (Wildman–Crippen LogP) is 3.04. The maximum Gasteiger partial charge on any atom is 0.262 e. The van der Waals surface area contributed by atoms with E-state index in [1.807, 2.05) is 0 Å². The molecule has 23 heavy (non-hydrogen) atoms.